The average Bonchev–Trinajstić information content (AvgIpc) is 3.14. The van der Waals surface area contributed by atoms with Crippen molar-refractivity contribution in [2.75, 3.05) is 18.8 Å². The average molecular weight is 497 g/mol. The third kappa shape index (κ3) is 3.46. The van der Waals surface area contributed by atoms with E-state index in [9.17, 15) is 14.0 Å². The van der Waals surface area contributed by atoms with E-state index in [1.165, 1.54) is 34.8 Å². The van der Waals surface area contributed by atoms with Crippen LogP contribution in [0.3, 0.4) is 0 Å². The lowest BCUT2D eigenvalue weighted by atomic mass is 10.1. The zero-order valence-electron chi connectivity index (χ0n) is 18.2. The number of rotatable bonds is 5. The van der Waals surface area contributed by atoms with Crippen molar-refractivity contribution in [3.63, 3.8) is 0 Å². The summed E-state index contributed by atoms with van der Waals surface area (Å²) in [5, 5.41) is 5.17. The molecule has 3 aromatic heterocycles. The van der Waals surface area contributed by atoms with Crippen molar-refractivity contribution >= 4 is 44.6 Å². The number of thiazole rings is 2. The van der Waals surface area contributed by atoms with Gasteiger partial charge in [-0.1, -0.05) is 23.5 Å². The topological polar surface area (TPSA) is 106 Å². The number of nitrogens with zero attached hydrogens (tertiary/aromatic N) is 4. The number of carbonyl (C=O) groups excluding carboxylic acids is 2. The van der Waals surface area contributed by atoms with E-state index in [0.717, 1.165) is 11.4 Å². The molecule has 4 aromatic rings. The molecule has 4 heterocycles. The van der Waals surface area contributed by atoms with E-state index < -0.39 is 0 Å². The quantitative estimate of drug-likeness (QED) is 0.440. The Kier molecular flexibility index (Phi) is 4.92. The van der Waals surface area contributed by atoms with Crippen LogP contribution in [-0.2, 0) is 0 Å². The summed E-state index contributed by atoms with van der Waals surface area (Å²) in [6, 6.07) is 5.94. The second kappa shape index (κ2) is 7.88. The molecule has 6 rings (SSSR count). The molecule has 0 bridgehead atoms. The number of piperidine rings is 1. The van der Waals surface area contributed by atoms with E-state index in [1.807, 2.05) is 18.5 Å². The number of nitrogen functional groups attached to an aromatic ring is 1. The summed E-state index contributed by atoms with van der Waals surface area (Å²) >= 11 is 2.64. The number of hydrogen-bond donors (Lipinski definition) is 2. The minimum Gasteiger partial charge on any atom is -0.375 e. The number of benzene rings is 1. The van der Waals surface area contributed by atoms with Crippen molar-refractivity contribution in [1.82, 2.24) is 24.6 Å². The summed E-state index contributed by atoms with van der Waals surface area (Å²) < 4.78 is 15.6. The molecule has 34 heavy (non-hydrogen) atoms. The number of imidazole rings is 1. The maximum absolute atomic E-state index is 13.8. The molecule has 11 heteroatoms. The standard InChI is InChI=1S/C23H21FN6O2S2/c1-11-18(29-5-6-33-23(29)27-11)20(31)26-9-16-15-8-13(15)10-30(16)21(32)17-19(34-22(25)28-17)12-3-2-4-14(24)7-12/h2-7,13,15-16H,8-10H2,1H3,(H2,25,28)(H,26,31)/t13-,15-,16+/m0/s1. The zero-order chi connectivity index (χ0) is 23.6. The van der Waals surface area contributed by atoms with E-state index >= 15 is 0 Å². The monoisotopic (exact) mass is 496 g/mol. The Morgan fingerprint density at radius 1 is 1.32 bits per heavy atom. The number of amides is 2. The molecule has 8 nitrogen and oxygen atoms in total. The predicted octanol–water partition coefficient (Wildman–Crippen LogP) is 3.44. The fourth-order valence-corrected chi connectivity index (χ4v) is 6.54. The molecule has 2 amide bonds. The number of nitrogens with one attached hydrogen (secondary N) is 1. The van der Waals surface area contributed by atoms with Crippen LogP contribution in [0.1, 0.15) is 33.1 Å². The van der Waals surface area contributed by atoms with E-state index in [2.05, 4.69) is 15.3 Å². The Labute approximate surface area is 202 Å². The van der Waals surface area contributed by atoms with Crippen molar-refractivity contribution in [2.45, 2.75) is 19.4 Å². The highest BCUT2D eigenvalue weighted by Gasteiger charge is 2.54. The van der Waals surface area contributed by atoms with E-state index in [1.54, 1.807) is 21.4 Å². The van der Waals surface area contributed by atoms with Gasteiger partial charge in [0, 0.05) is 24.7 Å². The lowest BCUT2D eigenvalue weighted by Crippen LogP contribution is -2.46. The number of likely N-dealkylation sites (tertiary alicyclic amines) is 1. The first-order valence-electron chi connectivity index (χ1n) is 10.9. The van der Waals surface area contributed by atoms with Gasteiger partial charge in [0.2, 0.25) is 0 Å². The predicted molar refractivity (Wildman–Crippen MR) is 128 cm³/mol. The number of aromatic nitrogens is 3. The first-order valence-corrected chi connectivity index (χ1v) is 12.6. The van der Waals surface area contributed by atoms with Crippen LogP contribution in [0.15, 0.2) is 35.8 Å². The largest absolute Gasteiger partial charge is 0.375 e. The zero-order valence-corrected chi connectivity index (χ0v) is 19.8. The highest BCUT2D eigenvalue weighted by atomic mass is 32.1. The van der Waals surface area contributed by atoms with Crippen molar-refractivity contribution in [2.24, 2.45) is 11.8 Å². The molecule has 1 aliphatic heterocycles. The van der Waals surface area contributed by atoms with Gasteiger partial charge in [-0.25, -0.2) is 14.4 Å². The van der Waals surface area contributed by atoms with Crippen molar-refractivity contribution in [1.29, 1.82) is 0 Å². The van der Waals surface area contributed by atoms with Gasteiger partial charge in [0.15, 0.2) is 10.1 Å². The SMILES string of the molecule is Cc1nc2sccn2c1C(=O)NC[C@@H]1[C@H]2C[C@H]2CN1C(=O)c1nc(N)sc1-c1cccc(F)c1. The number of halogens is 1. The summed E-state index contributed by atoms with van der Waals surface area (Å²) in [5.74, 6) is -0.0521. The van der Waals surface area contributed by atoms with E-state index in [-0.39, 0.29) is 34.5 Å². The highest BCUT2D eigenvalue weighted by molar-refractivity contribution is 7.19. The molecule has 1 saturated heterocycles. The molecule has 1 saturated carbocycles. The summed E-state index contributed by atoms with van der Waals surface area (Å²) in [5.41, 5.74) is 7.94. The molecule has 3 atom stereocenters. The van der Waals surface area contributed by atoms with Crippen LogP contribution >= 0.6 is 22.7 Å². The summed E-state index contributed by atoms with van der Waals surface area (Å²) in [6.07, 6.45) is 2.87. The second-order valence-electron chi connectivity index (χ2n) is 8.74. The lowest BCUT2D eigenvalue weighted by molar-refractivity contribution is 0.0690. The molecule has 174 valence electrons. The van der Waals surface area contributed by atoms with Gasteiger partial charge in [-0.15, -0.1) is 11.3 Å². The molecule has 2 aliphatic rings. The normalized spacial score (nSPS) is 21.1. The van der Waals surface area contributed by atoms with Gasteiger partial charge in [0.25, 0.3) is 11.8 Å². The summed E-state index contributed by atoms with van der Waals surface area (Å²) in [7, 11) is 0. The van der Waals surface area contributed by atoms with Gasteiger partial charge in [0.05, 0.1) is 16.6 Å². The minimum absolute atomic E-state index is 0.129. The summed E-state index contributed by atoms with van der Waals surface area (Å²) in [4.78, 5) is 38.4. The molecule has 2 fully saturated rings. The Morgan fingerprint density at radius 3 is 3.00 bits per heavy atom. The van der Waals surface area contributed by atoms with Crippen LogP contribution in [-0.4, -0.2) is 50.2 Å². The van der Waals surface area contributed by atoms with Gasteiger partial charge >= 0.3 is 0 Å². The van der Waals surface area contributed by atoms with Crippen LogP contribution < -0.4 is 11.1 Å². The molecule has 3 N–H and O–H groups in total. The maximum Gasteiger partial charge on any atom is 0.274 e. The molecule has 0 unspecified atom stereocenters. The molecular formula is C23H21FN6O2S2. The molecule has 0 spiro atoms. The van der Waals surface area contributed by atoms with E-state index in [0.29, 0.717) is 46.8 Å². The van der Waals surface area contributed by atoms with Gasteiger partial charge < -0.3 is 16.0 Å². The first kappa shape index (κ1) is 21.2. The number of aryl methyl sites for hydroxylation is 1. The van der Waals surface area contributed by atoms with Crippen LogP contribution in [0.4, 0.5) is 9.52 Å². The van der Waals surface area contributed by atoms with Gasteiger partial charge in [-0.3, -0.25) is 14.0 Å². The van der Waals surface area contributed by atoms with Crippen molar-refractivity contribution < 1.29 is 14.0 Å². The van der Waals surface area contributed by atoms with Crippen LogP contribution in [0.2, 0.25) is 0 Å². The molecule has 1 aliphatic carbocycles. The van der Waals surface area contributed by atoms with Crippen molar-refractivity contribution in [3.8, 4) is 10.4 Å². The maximum atomic E-state index is 13.8. The number of nitrogens with two attached hydrogens (primary N) is 1. The van der Waals surface area contributed by atoms with Gasteiger partial charge in [-0.2, -0.15) is 0 Å². The fourth-order valence-electron chi connectivity index (χ4n) is 4.96. The Morgan fingerprint density at radius 2 is 2.18 bits per heavy atom. The molecule has 0 radical (unpaired) electrons. The highest BCUT2D eigenvalue weighted by Crippen LogP contribution is 2.50. The minimum atomic E-state index is -0.388. The van der Waals surface area contributed by atoms with Crippen LogP contribution in [0, 0.1) is 24.6 Å². The fraction of sp³-hybridized carbons (Fsp3) is 0.304. The number of hydrogen-bond acceptors (Lipinski definition) is 7. The van der Waals surface area contributed by atoms with Crippen LogP contribution in [0.5, 0.6) is 0 Å². The second-order valence-corrected chi connectivity index (χ2v) is 10.6. The summed E-state index contributed by atoms with van der Waals surface area (Å²) in [6.45, 7) is 2.78. The molecular weight excluding hydrogens is 475 g/mol. The van der Waals surface area contributed by atoms with Gasteiger partial charge in [-0.05, 0) is 42.9 Å². The number of fused-ring (bicyclic) bond motifs is 2. The van der Waals surface area contributed by atoms with Crippen molar-refractivity contribution in [3.05, 3.63) is 58.7 Å². The Balaban J connectivity index is 1.24. The lowest BCUT2D eigenvalue weighted by Gasteiger charge is -2.27. The van der Waals surface area contributed by atoms with E-state index in [4.69, 9.17) is 5.73 Å². The third-order valence-electron chi connectivity index (χ3n) is 6.62. The van der Waals surface area contributed by atoms with Gasteiger partial charge in [0.1, 0.15) is 17.2 Å². The Hall–Kier alpha value is -3.31. The van der Waals surface area contributed by atoms with Crippen LogP contribution in [0.25, 0.3) is 15.4 Å². The smallest absolute Gasteiger partial charge is 0.274 e. The molecule has 1 aromatic carbocycles. The number of anilines is 1. The third-order valence-corrected chi connectivity index (χ3v) is 8.31. The first-order chi connectivity index (χ1) is 16.4. The number of carbonyl (C=O) groups is 2. The Bertz CT molecular complexity index is 1440.